The third kappa shape index (κ3) is 8.74. The Morgan fingerprint density at radius 3 is 2.14 bits per heavy atom. The van der Waals surface area contributed by atoms with E-state index < -0.39 is 8.07 Å². The van der Waals surface area contributed by atoms with Gasteiger partial charge in [0.1, 0.15) is 5.58 Å². The van der Waals surface area contributed by atoms with Crippen LogP contribution >= 0.6 is 0 Å². The van der Waals surface area contributed by atoms with Gasteiger partial charge in [0.25, 0.3) is 0 Å². The summed E-state index contributed by atoms with van der Waals surface area (Å²) in [7, 11) is -1.37. The molecule has 6 heteroatoms. The first-order valence-electron chi connectivity index (χ1n) is 23.5. The number of aromatic nitrogens is 3. The molecule has 2 aliphatic carbocycles. The Labute approximate surface area is 399 Å². The first kappa shape index (κ1) is 44.8. The normalized spacial score (nSPS) is 17.0. The summed E-state index contributed by atoms with van der Waals surface area (Å²) in [5.74, 6) is 4.38. The minimum absolute atomic E-state index is 0. The van der Waals surface area contributed by atoms with E-state index in [-0.39, 0.29) is 20.1 Å². The third-order valence-corrected chi connectivity index (χ3v) is 16.1. The first-order chi connectivity index (χ1) is 31.0. The number of benzene rings is 6. The molecule has 0 spiro atoms. The van der Waals surface area contributed by atoms with E-state index >= 15 is 0 Å². The van der Waals surface area contributed by atoms with Gasteiger partial charge in [0.05, 0.1) is 30.5 Å². The number of furan rings is 1. The van der Waals surface area contributed by atoms with Crippen LogP contribution in [0.1, 0.15) is 81.9 Å². The van der Waals surface area contributed by atoms with E-state index in [1.807, 2.05) is 30.3 Å². The second-order valence-electron chi connectivity index (χ2n) is 20.0. The minimum atomic E-state index is -1.37. The average molecular weight is 1050 g/mol. The molecule has 0 N–H and O–H groups in total. The summed E-state index contributed by atoms with van der Waals surface area (Å²) in [5, 5.41) is 3.74. The largest absolute Gasteiger partial charge is 0.501 e. The molecule has 9 aromatic rings. The monoisotopic (exact) mass is 1050 g/mol. The molecule has 6 aromatic carbocycles. The van der Waals surface area contributed by atoms with Gasteiger partial charge in [-0.25, -0.2) is 0 Å². The molecule has 3 heterocycles. The standard InChI is InChI=1S/C37H31N2O.C22H28NSi.Ir/c1-23(2)30-21-26(25-13-6-5-7-14-25)22-31(24(3)4)35(30)39-33-19-10-9-18-32(33)38-37(39)29-17-12-16-28-27-15-8-11-20-34(27)40-36(28)29;1-24(2,3)22-15-23-21(17-7-5-4-6-8-17)14-20(22)13-19-12-16-9-10-18(19)11-16;/h5-16,18-24H,1-4H3;4-7,14-16,18-19H,9-13H2,1-3H3;/q2*-1;. The molecule has 3 unspecified atom stereocenters. The number of para-hydroxylation sites is 3. The molecular formula is C59H59IrN3OSi-2. The SMILES string of the molecule is CC(C)c1cc(-c2ccccc2)cc(C(C)C)c1-n1c(-c2[c-]ccc3c2oc2ccccc23)nc2ccccc21.C[Si](C)(C)c1cnc(-c2[c-]cccc2)cc1CC1CC2CCC1C2.[Ir]. The molecule has 2 fully saturated rings. The molecule has 2 bridgehead atoms. The van der Waals surface area contributed by atoms with Gasteiger partial charge in [-0.3, -0.25) is 4.98 Å². The Hall–Kier alpha value is -5.39. The van der Waals surface area contributed by atoms with Crippen LogP contribution in [0.5, 0.6) is 0 Å². The molecule has 3 aromatic heterocycles. The van der Waals surface area contributed by atoms with Crippen LogP contribution in [-0.2, 0) is 26.5 Å². The van der Waals surface area contributed by atoms with Gasteiger partial charge in [-0.2, -0.15) is 0 Å². The van der Waals surface area contributed by atoms with Crippen LogP contribution in [0.2, 0.25) is 19.6 Å². The van der Waals surface area contributed by atoms with Crippen LogP contribution in [0.4, 0.5) is 0 Å². The van der Waals surface area contributed by atoms with Gasteiger partial charge in [-0.15, -0.1) is 54.1 Å². The molecule has 65 heavy (non-hydrogen) atoms. The van der Waals surface area contributed by atoms with E-state index in [2.05, 4.69) is 173 Å². The van der Waals surface area contributed by atoms with Crippen LogP contribution in [0.25, 0.3) is 72.4 Å². The summed E-state index contributed by atoms with van der Waals surface area (Å²) in [4.78, 5) is 10.0. The maximum Gasteiger partial charge on any atom is 0.120 e. The van der Waals surface area contributed by atoms with Crippen LogP contribution in [0, 0.1) is 29.9 Å². The second kappa shape index (κ2) is 18.5. The second-order valence-corrected chi connectivity index (χ2v) is 25.1. The number of fused-ring (bicyclic) bond motifs is 6. The van der Waals surface area contributed by atoms with E-state index in [9.17, 15) is 0 Å². The van der Waals surface area contributed by atoms with Gasteiger partial charge in [-0.05, 0) is 119 Å². The molecule has 0 amide bonds. The van der Waals surface area contributed by atoms with Crippen molar-refractivity contribution in [1.29, 1.82) is 0 Å². The number of rotatable bonds is 9. The fourth-order valence-electron chi connectivity index (χ4n) is 10.8. The summed E-state index contributed by atoms with van der Waals surface area (Å²) >= 11 is 0. The summed E-state index contributed by atoms with van der Waals surface area (Å²) in [6, 6.07) is 53.6. The Balaban J connectivity index is 0.000000182. The van der Waals surface area contributed by atoms with Gasteiger partial charge in [-0.1, -0.05) is 137 Å². The molecular weight excluding hydrogens is 987 g/mol. The summed E-state index contributed by atoms with van der Waals surface area (Å²) in [6.07, 6.45) is 9.38. The molecule has 331 valence electrons. The van der Waals surface area contributed by atoms with Crippen molar-refractivity contribution in [3.8, 4) is 39.5 Å². The number of hydrogen-bond acceptors (Lipinski definition) is 3. The molecule has 0 aliphatic heterocycles. The molecule has 2 saturated carbocycles. The van der Waals surface area contributed by atoms with Gasteiger partial charge in [0.15, 0.2) is 0 Å². The van der Waals surface area contributed by atoms with Gasteiger partial charge < -0.3 is 14.0 Å². The molecule has 1 radical (unpaired) electrons. The van der Waals surface area contributed by atoms with Crippen molar-refractivity contribution in [3.05, 3.63) is 168 Å². The van der Waals surface area contributed by atoms with E-state index in [1.165, 1.54) is 60.0 Å². The van der Waals surface area contributed by atoms with Crippen molar-refractivity contribution in [1.82, 2.24) is 14.5 Å². The zero-order valence-electron chi connectivity index (χ0n) is 38.8. The predicted octanol–water partition coefficient (Wildman–Crippen LogP) is 15.4. The number of hydrogen-bond donors (Lipinski definition) is 0. The Kier molecular flexibility index (Phi) is 12.7. The van der Waals surface area contributed by atoms with Crippen molar-refractivity contribution in [2.75, 3.05) is 0 Å². The molecule has 3 atom stereocenters. The van der Waals surface area contributed by atoms with Crippen LogP contribution in [0.15, 0.2) is 144 Å². The summed E-state index contributed by atoms with van der Waals surface area (Å²) in [6.45, 7) is 16.5. The van der Waals surface area contributed by atoms with Crippen molar-refractivity contribution >= 4 is 46.2 Å². The summed E-state index contributed by atoms with van der Waals surface area (Å²) < 4.78 is 8.83. The van der Waals surface area contributed by atoms with E-state index in [4.69, 9.17) is 14.4 Å². The minimum Gasteiger partial charge on any atom is -0.501 e. The molecule has 0 saturated heterocycles. The smallest absolute Gasteiger partial charge is 0.120 e. The van der Waals surface area contributed by atoms with Crippen molar-refractivity contribution in [3.63, 3.8) is 0 Å². The first-order valence-corrected chi connectivity index (χ1v) is 27.0. The van der Waals surface area contributed by atoms with Crippen molar-refractivity contribution < 1.29 is 24.5 Å². The Morgan fingerprint density at radius 2 is 1.45 bits per heavy atom. The number of pyridine rings is 1. The van der Waals surface area contributed by atoms with Crippen LogP contribution in [-0.4, -0.2) is 22.6 Å². The number of nitrogens with zero attached hydrogens (tertiary/aromatic N) is 3. The van der Waals surface area contributed by atoms with Crippen LogP contribution < -0.4 is 5.19 Å². The van der Waals surface area contributed by atoms with E-state index in [0.717, 1.165) is 73.4 Å². The van der Waals surface area contributed by atoms with Crippen molar-refractivity contribution in [2.24, 2.45) is 17.8 Å². The fraction of sp³-hybridized carbons (Fsp3) is 0.288. The Morgan fingerprint density at radius 1 is 0.723 bits per heavy atom. The molecule has 2 aliphatic rings. The Bertz CT molecular complexity index is 3080. The predicted molar refractivity (Wildman–Crippen MR) is 270 cm³/mol. The zero-order chi connectivity index (χ0) is 44.1. The van der Waals surface area contributed by atoms with Crippen molar-refractivity contribution in [2.45, 2.75) is 91.3 Å². The summed E-state index contributed by atoms with van der Waals surface area (Å²) in [5.41, 5.74) is 14.7. The average Bonchev–Trinajstić information content (AvgIpc) is 4.11. The quantitative estimate of drug-likeness (QED) is 0.107. The maximum atomic E-state index is 6.47. The van der Waals surface area contributed by atoms with E-state index in [0.29, 0.717) is 11.8 Å². The molecule has 4 nitrogen and oxygen atoms in total. The van der Waals surface area contributed by atoms with Gasteiger partial charge >= 0.3 is 0 Å². The zero-order valence-corrected chi connectivity index (χ0v) is 42.2. The molecule has 11 rings (SSSR count). The topological polar surface area (TPSA) is 43.9 Å². The number of imidazole rings is 1. The van der Waals surface area contributed by atoms with Gasteiger partial charge in [0, 0.05) is 37.4 Å². The van der Waals surface area contributed by atoms with E-state index in [1.54, 1.807) is 10.8 Å². The maximum absolute atomic E-state index is 6.47. The third-order valence-electron chi connectivity index (χ3n) is 14.0. The van der Waals surface area contributed by atoms with Gasteiger partial charge in [0.2, 0.25) is 0 Å². The van der Waals surface area contributed by atoms with Crippen LogP contribution in [0.3, 0.4) is 0 Å². The fourth-order valence-corrected chi connectivity index (χ4v) is 12.4.